The minimum absolute atomic E-state index is 0.0547. The summed E-state index contributed by atoms with van der Waals surface area (Å²) in [5, 5.41) is 15.3. The van der Waals surface area contributed by atoms with Gasteiger partial charge in [-0.1, -0.05) is 11.8 Å². The molecule has 1 amide bonds. The zero-order valence-corrected chi connectivity index (χ0v) is 12.1. The van der Waals surface area contributed by atoms with Crippen molar-refractivity contribution in [2.45, 2.75) is 13.5 Å². The van der Waals surface area contributed by atoms with Crippen molar-refractivity contribution in [1.29, 1.82) is 0 Å². The molecular formula is C16H17N3O2. The lowest BCUT2D eigenvalue weighted by atomic mass is 10.0. The highest BCUT2D eigenvalue weighted by Crippen LogP contribution is 2.13. The second kappa shape index (κ2) is 6.73. The summed E-state index contributed by atoms with van der Waals surface area (Å²) in [5.41, 5.74) is 3.30. The molecule has 0 saturated carbocycles. The fraction of sp³-hybridized carbons (Fsp3) is 0.250. The smallest absolute Gasteiger partial charge is 0.253 e. The SMILES string of the molecule is Cc1cc(C(=O)N(C)Cc2cn[nH]c2)ccc1C#CCO. The summed E-state index contributed by atoms with van der Waals surface area (Å²) in [7, 11) is 1.75. The fourth-order valence-corrected chi connectivity index (χ4v) is 2.00. The number of aromatic nitrogens is 2. The van der Waals surface area contributed by atoms with Crippen molar-refractivity contribution in [3.8, 4) is 11.8 Å². The quantitative estimate of drug-likeness (QED) is 0.835. The second-order valence-electron chi connectivity index (χ2n) is 4.76. The molecule has 0 atom stereocenters. The van der Waals surface area contributed by atoms with Gasteiger partial charge in [0.15, 0.2) is 0 Å². The van der Waals surface area contributed by atoms with Crippen LogP contribution in [-0.4, -0.2) is 39.8 Å². The van der Waals surface area contributed by atoms with Crippen molar-refractivity contribution < 1.29 is 9.90 Å². The minimum atomic E-state index is -0.173. The number of hydrogen-bond acceptors (Lipinski definition) is 3. The van der Waals surface area contributed by atoms with Gasteiger partial charge in [-0.3, -0.25) is 9.89 Å². The van der Waals surface area contributed by atoms with Gasteiger partial charge in [-0.2, -0.15) is 5.10 Å². The first-order valence-electron chi connectivity index (χ1n) is 6.55. The predicted molar refractivity (Wildman–Crippen MR) is 79.5 cm³/mol. The number of aliphatic hydroxyl groups excluding tert-OH is 1. The monoisotopic (exact) mass is 283 g/mol. The molecular weight excluding hydrogens is 266 g/mol. The lowest BCUT2D eigenvalue weighted by molar-refractivity contribution is 0.0785. The fourth-order valence-electron chi connectivity index (χ4n) is 2.00. The highest BCUT2D eigenvalue weighted by Gasteiger charge is 2.13. The first-order valence-corrected chi connectivity index (χ1v) is 6.55. The summed E-state index contributed by atoms with van der Waals surface area (Å²) in [6.07, 6.45) is 3.46. The van der Waals surface area contributed by atoms with Crippen molar-refractivity contribution >= 4 is 5.91 Å². The Bertz CT molecular complexity index is 681. The molecule has 0 unspecified atom stereocenters. The van der Waals surface area contributed by atoms with Crippen LogP contribution in [0.4, 0.5) is 0 Å². The maximum Gasteiger partial charge on any atom is 0.253 e. The molecule has 1 heterocycles. The average Bonchev–Trinajstić information content (AvgIpc) is 2.98. The molecule has 5 heteroatoms. The van der Waals surface area contributed by atoms with E-state index in [0.29, 0.717) is 12.1 Å². The van der Waals surface area contributed by atoms with Gasteiger partial charge < -0.3 is 10.0 Å². The van der Waals surface area contributed by atoms with E-state index >= 15 is 0 Å². The van der Waals surface area contributed by atoms with Crippen molar-refractivity contribution in [2.24, 2.45) is 0 Å². The average molecular weight is 283 g/mol. The largest absolute Gasteiger partial charge is 0.384 e. The highest BCUT2D eigenvalue weighted by atomic mass is 16.2. The number of carbonyl (C=O) groups excluding carboxylic acids is 1. The standard InChI is InChI=1S/C16H17N3O2/c1-12-8-15(6-5-14(12)4-3-7-20)16(21)19(2)11-13-9-17-18-10-13/h5-6,8-10,20H,7,11H2,1-2H3,(H,17,18). The zero-order valence-electron chi connectivity index (χ0n) is 12.1. The van der Waals surface area contributed by atoms with Crippen LogP contribution in [0.25, 0.3) is 0 Å². The van der Waals surface area contributed by atoms with E-state index in [1.807, 2.05) is 13.0 Å². The Balaban J connectivity index is 2.14. The lowest BCUT2D eigenvalue weighted by Gasteiger charge is -2.16. The van der Waals surface area contributed by atoms with Crippen LogP contribution in [0.3, 0.4) is 0 Å². The van der Waals surface area contributed by atoms with E-state index in [9.17, 15) is 4.79 Å². The van der Waals surface area contributed by atoms with Crippen LogP contribution in [0.15, 0.2) is 30.6 Å². The zero-order chi connectivity index (χ0) is 15.2. The number of rotatable bonds is 3. The summed E-state index contributed by atoms with van der Waals surface area (Å²) < 4.78 is 0. The molecule has 0 saturated heterocycles. The van der Waals surface area contributed by atoms with Gasteiger partial charge in [0, 0.05) is 36.5 Å². The Morgan fingerprint density at radius 3 is 2.90 bits per heavy atom. The lowest BCUT2D eigenvalue weighted by Crippen LogP contribution is -2.26. The third-order valence-corrected chi connectivity index (χ3v) is 3.10. The predicted octanol–water partition coefficient (Wildman–Crippen LogP) is 1.33. The number of aryl methyl sites for hydroxylation is 1. The van der Waals surface area contributed by atoms with Crippen LogP contribution in [-0.2, 0) is 6.54 Å². The third kappa shape index (κ3) is 3.71. The van der Waals surface area contributed by atoms with E-state index in [-0.39, 0.29) is 12.5 Å². The Morgan fingerprint density at radius 1 is 1.48 bits per heavy atom. The van der Waals surface area contributed by atoms with Crippen LogP contribution < -0.4 is 0 Å². The van der Waals surface area contributed by atoms with Crippen molar-refractivity contribution in [3.63, 3.8) is 0 Å². The molecule has 2 aromatic rings. The Labute approximate surface area is 123 Å². The molecule has 0 radical (unpaired) electrons. The number of nitrogens with zero attached hydrogens (tertiary/aromatic N) is 2. The number of aromatic amines is 1. The number of H-pyrrole nitrogens is 1. The van der Waals surface area contributed by atoms with Gasteiger partial charge in [0.2, 0.25) is 0 Å². The van der Waals surface area contributed by atoms with E-state index in [2.05, 4.69) is 22.0 Å². The number of amides is 1. The number of carbonyl (C=O) groups is 1. The number of hydrogen-bond donors (Lipinski definition) is 2. The van der Waals surface area contributed by atoms with E-state index in [4.69, 9.17) is 5.11 Å². The van der Waals surface area contributed by atoms with E-state index in [1.165, 1.54) is 0 Å². The second-order valence-corrected chi connectivity index (χ2v) is 4.76. The number of aliphatic hydroxyl groups is 1. The summed E-state index contributed by atoms with van der Waals surface area (Å²) >= 11 is 0. The van der Waals surface area contributed by atoms with Gasteiger partial charge in [0.05, 0.1) is 6.20 Å². The molecule has 2 rings (SSSR count). The third-order valence-electron chi connectivity index (χ3n) is 3.10. The van der Waals surface area contributed by atoms with Crippen LogP contribution in [0, 0.1) is 18.8 Å². The van der Waals surface area contributed by atoms with Gasteiger partial charge in [0.1, 0.15) is 6.61 Å². The molecule has 0 aliphatic rings. The van der Waals surface area contributed by atoms with E-state index < -0.39 is 0 Å². The molecule has 21 heavy (non-hydrogen) atoms. The van der Waals surface area contributed by atoms with Crippen LogP contribution in [0.1, 0.15) is 27.0 Å². The minimum Gasteiger partial charge on any atom is -0.384 e. The van der Waals surface area contributed by atoms with Crippen molar-refractivity contribution in [2.75, 3.05) is 13.7 Å². The molecule has 0 aliphatic carbocycles. The van der Waals surface area contributed by atoms with Crippen LogP contribution in [0.2, 0.25) is 0 Å². The first-order chi connectivity index (χ1) is 10.1. The Kier molecular flexibility index (Phi) is 4.75. The first kappa shape index (κ1) is 14.8. The Morgan fingerprint density at radius 2 is 2.29 bits per heavy atom. The summed E-state index contributed by atoms with van der Waals surface area (Å²) in [6, 6.07) is 5.37. The summed E-state index contributed by atoms with van der Waals surface area (Å²) in [4.78, 5) is 14.0. The van der Waals surface area contributed by atoms with Crippen LogP contribution in [0.5, 0.6) is 0 Å². The molecule has 5 nitrogen and oxygen atoms in total. The molecule has 0 fully saturated rings. The molecule has 1 aromatic carbocycles. The maximum atomic E-state index is 12.4. The van der Waals surface area contributed by atoms with Gasteiger partial charge >= 0.3 is 0 Å². The van der Waals surface area contributed by atoms with E-state index in [0.717, 1.165) is 16.7 Å². The molecule has 2 N–H and O–H groups in total. The van der Waals surface area contributed by atoms with Crippen LogP contribution >= 0.6 is 0 Å². The van der Waals surface area contributed by atoms with Crippen molar-refractivity contribution in [3.05, 3.63) is 52.8 Å². The Hall–Kier alpha value is -2.58. The molecule has 1 aromatic heterocycles. The molecule has 108 valence electrons. The molecule has 0 spiro atoms. The van der Waals surface area contributed by atoms with Crippen molar-refractivity contribution in [1.82, 2.24) is 15.1 Å². The van der Waals surface area contributed by atoms with E-state index in [1.54, 1.807) is 36.5 Å². The van der Waals surface area contributed by atoms with Gasteiger partial charge in [-0.25, -0.2) is 0 Å². The highest BCUT2D eigenvalue weighted by molar-refractivity contribution is 5.94. The van der Waals surface area contributed by atoms with Gasteiger partial charge in [-0.05, 0) is 30.7 Å². The summed E-state index contributed by atoms with van der Waals surface area (Å²) in [6.45, 7) is 2.22. The normalized spacial score (nSPS) is 9.86. The molecule has 0 bridgehead atoms. The van der Waals surface area contributed by atoms with Gasteiger partial charge in [0.25, 0.3) is 5.91 Å². The number of benzene rings is 1. The molecule has 0 aliphatic heterocycles. The summed E-state index contributed by atoms with van der Waals surface area (Å²) in [5.74, 6) is 5.41. The topological polar surface area (TPSA) is 69.2 Å². The number of nitrogens with one attached hydrogen (secondary N) is 1. The van der Waals surface area contributed by atoms with Gasteiger partial charge in [-0.15, -0.1) is 0 Å². The maximum absolute atomic E-state index is 12.4.